The van der Waals surface area contributed by atoms with Crippen molar-refractivity contribution >= 4 is 11.6 Å². The molecular formula is C17H24F2N2O. The number of hydrogen-bond donors (Lipinski definition) is 1. The van der Waals surface area contributed by atoms with Gasteiger partial charge in [0.05, 0.1) is 0 Å². The number of halogens is 2. The third-order valence-electron chi connectivity index (χ3n) is 4.48. The molecule has 0 saturated carbocycles. The molecule has 1 heterocycles. The summed E-state index contributed by atoms with van der Waals surface area (Å²) in [5.41, 5.74) is 0.702. The highest BCUT2D eigenvalue weighted by molar-refractivity contribution is 5.78. The van der Waals surface area contributed by atoms with Crippen molar-refractivity contribution in [2.75, 3.05) is 24.5 Å². The van der Waals surface area contributed by atoms with Gasteiger partial charge in [-0.15, -0.1) is 0 Å². The lowest BCUT2D eigenvalue weighted by molar-refractivity contribution is -0.125. The number of rotatable bonds is 6. The summed E-state index contributed by atoms with van der Waals surface area (Å²) < 4.78 is 26.3. The highest BCUT2D eigenvalue weighted by atomic mass is 19.2. The van der Waals surface area contributed by atoms with Crippen LogP contribution in [0.2, 0.25) is 0 Å². The number of nitrogens with zero attached hydrogens (tertiary/aromatic N) is 1. The molecule has 1 aromatic rings. The van der Waals surface area contributed by atoms with E-state index >= 15 is 0 Å². The average Bonchev–Trinajstić information content (AvgIpc) is 2.98. The zero-order valence-electron chi connectivity index (χ0n) is 13.2. The minimum absolute atomic E-state index is 0.0868. The molecule has 1 aliphatic heterocycles. The first-order valence-electron chi connectivity index (χ1n) is 8.02. The topological polar surface area (TPSA) is 32.3 Å². The molecule has 22 heavy (non-hydrogen) atoms. The molecule has 1 atom stereocenters. The summed E-state index contributed by atoms with van der Waals surface area (Å²) in [6, 6.07) is 4.00. The van der Waals surface area contributed by atoms with Crippen molar-refractivity contribution < 1.29 is 13.6 Å². The number of benzene rings is 1. The Balaban J connectivity index is 1.85. The Labute approximate surface area is 130 Å². The van der Waals surface area contributed by atoms with Gasteiger partial charge in [0.25, 0.3) is 0 Å². The second-order valence-corrected chi connectivity index (χ2v) is 5.96. The van der Waals surface area contributed by atoms with E-state index in [-0.39, 0.29) is 11.8 Å². The molecule has 3 nitrogen and oxygen atoms in total. The summed E-state index contributed by atoms with van der Waals surface area (Å²) >= 11 is 0. The van der Waals surface area contributed by atoms with Crippen LogP contribution in [-0.4, -0.2) is 25.5 Å². The fourth-order valence-electron chi connectivity index (χ4n) is 2.96. The van der Waals surface area contributed by atoms with Crippen LogP contribution in [0.3, 0.4) is 0 Å². The van der Waals surface area contributed by atoms with E-state index in [2.05, 4.69) is 5.32 Å². The number of anilines is 1. The average molecular weight is 310 g/mol. The first-order chi connectivity index (χ1) is 10.5. The van der Waals surface area contributed by atoms with E-state index in [1.165, 1.54) is 6.07 Å². The van der Waals surface area contributed by atoms with E-state index < -0.39 is 11.6 Å². The van der Waals surface area contributed by atoms with E-state index in [0.717, 1.165) is 38.4 Å². The van der Waals surface area contributed by atoms with E-state index in [4.69, 9.17) is 0 Å². The Kier molecular flexibility index (Phi) is 5.75. The first kappa shape index (κ1) is 16.7. The molecule has 0 spiro atoms. The lowest BCUT2D eigenvalue weighted by Gasteiger charge is -2.19. The van der Waals surface area contributed by atoms with Crippen molar-refractivity contribution in [2.45, 2.75) is 33.1 Å². The van der Waals surface area contributed by atoms with Gasteiger partial charge in [-0.05, 0) is 37.3 Å². The van der Waals surface area contributed by atoms with E-state index in [1.807, 2.05) is 18.7 Å². The van der Waals surface area contributed by atoms with Gasteiger partial charge in [-0.3, -0.25) is 4.79 Å². The number of amides is 1. The molecule has 0 radical (unpaired) electrons. The summed E-state index contributed by atoms with van der Waals surface area (Å²) in [6.07, 6.45) is 2.66. The third-order valence-corrected chi connectivity index (χ3v) is 4.48. The van der Waals surface area contributed by atoms with Crippen molar-refractivity contribution in [1.82, 2.24) is 5.32 Å². The molecule has 1 fully saturated rings. The first-order valence-corrected chi connectivity index (χ1v) is 8.02. The van der Waals surface area contributed by atoms with Crippen LogP contribution < -0.4 is 10.2 Å². The highest BCUT2D eigenvalue weighted by Crippen LogP contribution is 2.25. The quantitative estimate of drug-likeness (QED) is 0.874. The van der Waals surface area contributed by atoms with Gasteiger partial charge in [0.15, 0.2) is 11.6 Å². The molecule has 2 rings (SSSR count). The van der Waals surface area contributed by atoms with Crippen molar-refractivity contribution in [3.05, 3.63) is 29.8 Å². The molecule has 5 heteroatoms. The zero-order chi connectivity index (χ0) is 16.1. The Morgan fingerprint density at radius 1 is 1.32 bits per heavy atom. The van der Waals surface area contributed by atoms with E-state index in [0.29, 0.717) is 18.2 Å². The van der Waals surface area contributed by atoms with Crippen LogP contribution in [-0.2, 0) is 4.79 Å². The largest absolute Gasteiger partial charge is 0.371 e. The fourth-order valence-corrected chi connectivity index (χ4v) is 2.96. The zero-order valence-corrected chi connectivity index (χ0v) is 13.2. The summed E-state index contributed by atoms with van der Waals surface area (Å²) in [5.74, 6) is -1.08. The maximum Gasteiger partial charge on any atom is 0.223 e. The number of carbonyl (C=O) groups excluding carboxylic acids is 1. The van der Waals surface area contributed by atoms with Crippen molar-refractivity contribution in [3.8, 4) is 0 Å². The monoisotopic (exact) mass is 310 g/mol. The maximum atomic E-state index is 13.3. The molecule has 122 valence electrons. The van der Waals surface area contributed by atoms with Gasteiger partial charge in [-0.2, -0.15) is 0 Å². The van der Waals surface area contributed by atoms with Crippen LogP contribution in [0.5, 0.6) is 0 Å². The van der Waals surface area contributed by atoms with Crippen LogP contribution in [0.15, 0.2) is 18.2 Å². The summed E-state index contributed by atoms with van der Waals surface area (Å²) in [7, 11) is 0. The van der Waals surface area contributed by atoms with Gasteiger partial charge in [0.2, 0.25) is 5.91 Å². The SMILES string of the molecule is CCC(CC)C(=O)NC[C@H]1CCN(c2ccc(F)c(F)c2)C1. The Morgan fingerprint density at radius 3 is 2.68 bits per heavy atom. The highest BCUT2D eigenvalue weighted by Gasteiger charge is 2.24. The summed E-state index contributed by atoms with van der Waals surface area (Å²) in [5, 5.41) is 3.02. The molecule has 1 aliphatic rings. The molecule has 0 bridgehead atoms. The lowest BCUT2D eigenvalue weighted by Crippen LogP contribution is -2.35. The predicted octanol–water partition coefficient (Wildman–Crippen LogP) is 3.34. The van der Waals surface area contributed by atoms with Crippen LogP contribution in [0.25, 0.3) is 0 Å². The van der Waals surface area contributed by atoms with Crippen molar-refractivity contribution in [1.29, 1.82) is 0 Å². The van der Waals surface area contributed by atoms with Crippen LogP contribution >= 0.6 is 0 Å². The summed E-state index contributed by atoms with van der Waals surface area (Å²) in [4.78, 5) is 14.0. The minimum atomic E-state index is -0.822. The Bertz CT molecular complexity index is 517. The second-order valence-electron chi connectivity index (χ2n) is 5.96. The van der Waals surface area contributed by atoms with E-state index in [9.17, 15) is 13.6 Å². The molecule has 1 aromatic carbocycles. The third kappa shape index (κ3) is 3.96. The lowest BCUT2D eigenvalue weighted by atomic mass is 10.0. The van der Waals surface area contributed by atoms with Crippen LogP contribution in [0, 0.1) is 23.5 Å². The number of carbonyl (C=O) groups is 1. The second kappa shape index (κ2) is 7.56. The van der Waals surface area contributed by atoms with Crippen molar-refractivity contribution in [3.63, 3.8) is 0 Å². The van der Waals surface area contributed by atoms with Crippen molar-refractivity contribution in [2.24, 2.45) is 11.8 Å². The van der Waals surface area contributed by atoms with Gasteiger partial charge in [-0.1, -0.05) is 13.8 Å². The molecule has 1 amide bonds. The smallest absolute Gasteiger partial charge is 0.223 e. The van der Waals surface area contributed by atoms with E-state index in [1.54, 1.807) is 6.07 Å². The van der Waals surface area contributed by atoms with Gasteiger partial charge in [0, 0.05) is 37.3 Å². The summed E-state index contributed by atoms with van der Waals surface area (Å²) in [6.45, 7) is 6.25. The Morgan fingerprint density at radius 2 is 2.05 bits per heavy atom. The maximum absolute atomic E-state index is 13.3. The molecular weight excluding hydrogens is 286 g/mol. The molecule has 1 saturated heterocycles. The molecule has 0 unspecified atom stereocenters. The number of hydrogen-bond acceptors (Lipinski definition) is 2. The standard InChI is InChI=1S/C17H24F2N2O/c1-3-13(4-2)17(22)20-10-12-7-8-21(11-12)14-5-6-15(18)16(19)9-14/h5-6,9,12-13H,3-4,7-8,10-11H2,1-2H3,(H,20,22)/t12-/m1/s1. The molecule has 0 aliphatic carbocycles. The predicted molar refractivity (Wildman–Crippen MR) is 83.8 cm³/mol. The van der Waals surface area contributed by atoms with Crippen LogP contribution in [0.4, 0.5) is 14.5 Å². The van der Waals surface area contributed by atoms with Gasteiger partial charge in [-0.25, -0.2) is 8.78 Å². The van der Waals surface area contributed by atoms with Gasteiger partial charge in [0.1, 0.15) is 0 Å². The number of nitrogens with one attached hydrogen (secondary N) is 1. The van der Waals surface area contributed by atoms with Crippen LogP contribution in [0.1, 0.15) is 33.1 Å². The van der Waals surface area contributed by atoms with Gasteiger partial charge >= 0.3 is 0 Å². The fraction of sp³-hybridized carbons (Fsp3) is 0.588. The minimum Gasteiger partial charge on any atom is -0.371 e. The molecule has 0 aromatic heterocycles. The normalized spacial score (nSPS) is 18.0. The Hall–Kier alpha value is -1.65. The molecule has 1 N–H and O–H groups in total. The van der Waals surface area contributed by atoms with Gasteiger partial charge < -0.3 is 10.2 Å².